The van der Waals surface area contributed by atoms with E-state index < -0.39 is 6.61 Å². The molecular formula is C17H28F2N4O. The van der Waals surface area contributed by atoms with Gasteiger partial charge < -0.3 is 15.4 Å². The first-order chi connectivity index (χ1) is 11.5. The van der Waals surface area contributed by atoms with Crippen molar-refractivity contribution >= 4 is 5.96 Å². The minimum Gasteiger partial charge on any atom is -0.434 e. The summed E-state index contributed by atoms with van der Waals surface area (Å²) in [6.07, 6.45) is 0. The Morgan fingerprint density at radius 1 is 1.21 bits per heavy atom. The van der Waals surface area contributed by atoms with E-state index in [1.165, 1.54) is 6.07 Å². The van der Waals surface area contributed by atoms with Crippen LogP contribution in [0.3, 0.4) is 0 Å². The number of nitrogens with zero attached hydrogens (tertiary/aromatic N) is 2. The number of hydrogen-bond donors (Lipinski definition) is 2. The number of halogens is 2. The molecule has 0 radical (unpaired) electrons. The van der Waals surface area contributed by atoms with Crippen molar-refractivity contribution < 1.29 is 13.5 Å². The van der Waals surface area contributed by atoms with E-state index >= 15 is 0 Å². The maximum atomic E-state index is 12.4. The Labute approximate surface area is 143 Å². The van der Waals surface area contributed by atoms with Gasteiger partial charge in [-0.3, -0.25) is 9.89 Å². The summed E-state index contributed by atoms with van der Waals surface area (Å²) in [6.45, 7) is 6.66. The van der Waals surface area contributed by atoms with E-state index in [2.05, 4.69) is 46.0 Å². The number of hydrogen-bond acceptors (Lipinski definition) is 3. The first kappa shape index (κ1) is 20.2. The normalized spacial score (nSPS) is 13.2. The fraction of sp³-hybridized carbons (Fsp3) is 0.588. The van der Waals surface area contributed by atoms with Crippen LogP contribution in [0.4, 0.5) is 8.78 Å². The van der Waals surface area contributed by atoms with Gasteiger partial charge in [0.2, 0.25) is 0 Å². The van der Waals surface area contributed by atoms with Crippen LogP contribution in [0.15, 0.2) is 29.3 Å². The van der Waals surface area contributed by atoms with Crippen molar-refractivity contribution in [1.29, 1.82) is 0 Å². The van der Waals surface area contributed by atoms with Crippen molar-refractivity contribution in [3.05, 3.63) is 29.8 Å². The zero-order chi connectivity index (χ0) is 17.9. The van der Waals surface area contributed by atoms with Crippen LogP contribution < -0.4 is 15.4 Å². The summed E-state index contributed by atoms with van der Waals surface area (Å²) in [5.41, 5.74) is 0.651. The quantitative estimate of drug-likeness (QED) is 0.535. The summed E-state index contributed by atoms with van der Waals surface area (Å²) >= 11 is 0. The standard InChI is InChI=1S/C17H28F2N4O/c1-5-23(6-2)13(3)11-21-17(20-4)22-12-14-9-7-8-10-15(14)24-16(18)19/h7-10,13,16H,5-6,11-12H2,1-4H3,(H2,20,21,22). The average molecular weight is 342 g/mol. The fourth-order valence-electron chi connectivity index (χ4n) is 2.48. The van der Waals surface area contributed by atoms with Gasteiger partial charge >= 0.3 is 6.61 Å². The first-order valence-corrected chi connectivity index (χ1v) is 8.23. The Morgan fingerprint density at radius 3 is 2.46 bits per heavy atom. The minimum atomic E-state index is -2.83. The van der Waals surface area contributed by atoms with Gasteiger partial charge in [-0.1, -0.05) is 32.0 Å². The van der Waals surface area contributed by atoms with Gasteiger partial charge in [-0.05, 0) is 26.1 Å². The molecule has 5 nitrogen and oxygen atoms in total. The van der Waals surface area contributed by atoms with Crippen molar-refractivity contribution in [3.8, 4) is 5.75 Å². The van der Waals surface area contributed by atoms with Gasteiger partial charge in [0.15, 0.2) is 5.96 Å². The average Bonchev–Trinajstić information content (AvgIpc) is 2.57. The molecule has 0 saturated heterocycles. The van der Waals surface area contributed by atoms with Gasteiger partial charge in [0, 0.05) is 31.7 Å². The summed E-state index contributed by atoms with van der Waals surface area (Å²) in [4.78, 5) is 6.50. The summed E-state index contributed by atoms with van der Waals surface area (Å²) in [5.74, 6) is 0.799. The van der Waals surface area contributed by atoms with Crippen LogP contribution in [0.5, 0.6) is 5.75 Å². The number of alkyl halides is 2. The lowest BCUT2D eigenvalue weighted by Gasteiger charge is -2.27. The maximum absolute atomic E-state index is 12.4. The summed E-state index contributed by atoms with van der Waals surface area (Å²) in [5, 5.41) is 6.38. The van der Waals surface area contributed by atoms with Crippen molar-refractivity contribution in [3.63, 3.8) is 0 Å². The van der Waals surface area contributed by atoms with E-state index in [9.17, 15) is 8.78 Å². The number of guanidine groups is 1. The van der Waals surface area contributed by atoms with Crippen LogP contribution >= 0.6 is 0 Å². The molecule has 7 heteroatoms. The molecule has 0 saturated carbocycles. The lowest BCUT2D eigenvalue weighted by atomic mass is 10.2. The summed E-state index contributed by atoms with van der Waals surface area (Å²) in [6, 6.07) is 7.10. The Bertz CT molecular complexity index is 507. The zero-order valence-corrected chi connectivity index (χ0v) is 14.9. The Hall–Kier alpha value is -1.89. The van der Waals surface area contributed by atoms with Crippen LogP contribution in [0.1, 0.15) is 26.3 Å². The second-order valence-electron chi connectivity index (χ2n) is 5.36. The highest BCUT2D eigenvalue weighted by atomic mass is 19.3. The molecule has 0 amide bonds. The zero-order valence-electron chi connectivity index (χ0n) is 14.9. The van der Waals surface area contributed by atoms with Gasteiger partial charge in [-0.25, -0.2) is 0 Å². The molecule has 1 rings (SSSR count). The van der Waals surface area contributed by atoms with Crippen molar-refractivity contribution in [2.24, 2.45) is 4.99 Å². The number of ether oxygens (including phenoxy) is 1. The van der Waals surface area contributed by atoms with E-state index in [-0.39, 0.29) is 5.75 Å². The predicted octanol–water partition coefficient (Wildman–Crippen LogP) is 2.68. The Morgan fingerprint density at radius 2 is 1.88 bits per heavy atom. The molecule has 1 atom stereocenters. The molecule has 136 valence electrons. The molecule has 0 fully saturated rings. The third-order valence-corrected chi connectivity index (χ3v) is 3.86. The molecule has 1 aromatic rings. The van der Waals surface area contributed by atoms with E-state index in [0.29, 0.717) is 24.1 Å². The maximum Gasteiger partial charge on any atom is 0.387 e. The van der Waals surface area contributed by atoms with E-state index in [0.717, 1.165) is 19.6 Å². The molecule has 0 aliphatic heterocycles. The number of para-hydroxylation sites is 1. The number of nitrogens with one attached hydrogen (secondary N) is 2. The molecule has 0 aromatic heterocycles. The summed E-state index contributed by atoms with van der Waals surface area (Å²) in [7, 11) is 1.68. The van der Waals surface area contributed by atoms with Crippen LogP contribution in [0.25, 0.3) is 0 Å². The van der Waals surface area contributed by atoms with E-state index in [1.54, 1.807) is 25.2 Å². The largest absolute Gasteiger partial charge is 0.434 e. The monoisotopic (exact) mass is 342 g/mol. The second kappa shape index (κ2) is 10.8. The molecule has 0 aliphatic rings. The molecular weight excluding hydrogens is 314 g/mol. The number of rotatable bonds is 9. The number of likely N-dealkylation sites (N-methyl/N-ethyl adjacent to an activating group) is 1. The predicted molar refractivity (Wildman–Crippen MR) is 93.7 cm³/mol. The molecule has 0 spiro atoms. The van der Waals surface area contributed by atoms with Crippen LogP contribution in [0.2, 0.25) is 0 Å². The SMILES string of the molecule is CCN(CC)C(C)CNC(=NC)NCc1ccccc1OC(F)F. The van der Waals surface area contributed by atoms with Gasteiger partial charge in [-0.15, -0.1) is 0 Å². The van der Waals surface area contributed by atoms with Gasteiger partial charge in [0.25, 0.3) is 0 Å². The van der Waals surface area contributed by atoms with E-state index in [4.69, 9.17) is 0 Å². The molecule has 1 unspecified atom stereocenters. The topological polar surface area (TPSA) is 48.9 Å². The third-order valence-electron chi connectivity index (χ3n) is 3.86. The molecule has 0 aliphatic carbocycles. The van der Waals surface area contributed by atoms with Gasteiger partial charge in [0.05, 0.1) is 0 Å². The van der Waals surface area contributed by atoms with Crippen LogP contribution in [-0.2, 0) is 6.54 Å². The Kier molecular flexibility index (Phi) is 9.07. The minimum absolute atomic E-state index is 0.173. The van der Waals surface area contributed by atoms with Crippen molar-refractivity contribution in [2.45, 2.75) is 40.0 Å². The smallest absolute Gasteiger partial charge is 0.387 e. The molecule has 24 heavy (non-hydrogen) atoms. The first-order valence-electron chi connectivity index (χ1n) is 8.23. The summed E-state index contributed by atoms with van der Waals surface area (Å²) < 4.78 is 29.4. The molecule has 0 heterocycles. The highest BCUT2D eigenvalue weighted by Crippen LogP contribution is 2.19. The fourth-order valence-corrected chi connectivity index (χ4v) is 2.48. The Balaban J connectivity index is 2.56. The van der Waals surface area contributed by atoms with Crippen LogP contribution in [0, 0.1) is 0 Å². The van der Waals surface area contributed by atoms with Gasteiger partial charge in [0.1, 0.15) is 5.75 Å². The molecule has 0 bridgehead atoms. The molecule has 1 aromatic carbocycles. The lowest BCUT2D eigenvalue weighted by molar-refractivity contribution is -0.0504. The van der Waals surface area contributed by atoms with Crippen LogP contribution in [-0.4, -0.2) is 50.2 Å². The third kappa shape index (κ3) is 6.70. The number of aliphatic imine (C=N–C) groups is 1. The van der Waals surface area contributed by atoms with Crippen molar-refractivity contribution in [2.75, 3.05) is 26.7 Å². The highest BCUT2D eigenvalue weighted by Gasteiger charge is 2.12. The lowest BCUT2D eigenvalue weighted by Crippen LogP contribution is -2.45. The van der Waals surface area contributed by atoms with Crippen molar-refractivity contribution in [1.82, 2.24) is 15.5 Å². The van der Waals surface area contributed by atoms with E-state index in [1.807, 2.05) is 0 Å². The number of benzene rings is 1. The molecule has 2 N–H and O–H groups in total. The second-order valence-corrected chi connectivity index (χ2v) is 5.36. The highest BCUT2D eigenvalue weighted by molar-refractivity contribution is 5.79. The van der Waals surface area contributed by atoms with Gasteiger partial charge in [-0.2, -0.15) is 8.78 Å².